The van der Waals surface area contributed by atoms with Gasteiger partial charge in [0.15, 0.2) is 11.9 Å². The Kier molecular flexibility index (Phi) is 7.05. The zero-order valence-electron chi connectivity index (χ0n) is 12.6. The molecule has 0 saturated heterocycles. The fourth-order valence-electron chi connectivity index (χ4n) is 2.13. The summed E-state index contributed by atoms with van der Waals surface area (Å²) in [7, 11) is 2.01. The van der Waals surface area contributed by atoms with Gasteiger partial charge in [0, 0.05) is 41.1 Å². The van der Waals surface area contributed by atoms with Crippen molar-refractivity contribution in [2.75, 3.05) is 0 Å². The summed E-state index contributed by atoms with van der Waals surface area (Å²) in [6.07, 6.45) is 10.3. The van der Waals surface area contributed by atoms with Crippen molar-refractivity contribution in [3.8, 4) is 22.4 Å². The minimum Gasteiger partial charge on any atom is -0.369 e. The molecule has 2 aromatic heterocycles. The van der Waals surface area contributed by atoms with Crippen LogP contribution in [-0.4, -0.2) is 18.4 Å². The molecule has 0 atom stereocenters. The van der Waals surface area contributed by atoms with Crippen molar-refractivity contribution in [2.24, 2.45) is 7.05 Å². The van der Waals surface area contributed by atoms with Gasteiger partial charge in [0.25, 0.3) is 0 Å². The predicted octanol–water partition coefficient (Wildman–Crippen LogP) is 2.16. The molecule has 0 spiro atoms. The third kappa shape index (κ3) is 3.88. The first kappa shape index (κ1) is 18.7. The van der Waals surface area contributed by atoms with Gasteiger partial charge in [0.05, 0.1) is 12.4 Å². The van der Waals surface area contributed by atoms with E-state index in [1.54, 1.807) is 12.4 Å². The Labute approximate surface area is 158 Å². The average molecular weight is 360 g/mol. The smallest absolute Gasteiger partial charge is 0.180 e. The van der Waals surface area contributed by atoms with Gasteiger partial charge in [-0.05, 0) is 0 Å². The van der Waals surface area contributed by atoms with Gasteiger partial charge in [-0.1, -0.05) is 24.9 Å². The maximum Gasteiger partial charge on any atom is 0.180 e. The Bertz CT molecular complexity index is 748. The van der Waals surface area contributed by atoms with Gasteiger partial charge in [-0.15, -0.1) is 17.7 Å². The quantitative estimate of drug-likeness (QED) is 0.398. The summed E-state index contributed by atoms with van der Waals surface area (Å²) < 4.78 is 2.04. The Hall–Kier alpha value is -1.38. The van der Waals surface area contributed by atoms with Crippen molar-refractivity contribution in [3.05, 3.63) is 66.9 Å². The third-order valence-electron chi connectivity index (χ3n) is 3.26. The Morgan fingerprint density at radius 3 is 2.59 bits per heavy atom. The minimum absolute atomic E-state index is 0. The Morgan fingerprint density at radius 2 is 1.91 bits per heavy atom. The second kappa shape index (κ2) is 8.30. The molecular formula is C17H14BN3Y-. The molecule has 0 aliphatic heterocycles. The van der Waals surface area contributed by atoms with E-state index in [0.29, 0.717) is 0 Å². The van der Waals surface area contributed by atoms with Crippen LogP contribution in [0.2, 0.25) is 0 Å². The van der Waals surface area contributed by atoms with Crippen LogP contribution in [0.1, 0.15) is 5.56 Å². The monoisotopic (exact) mass is 360 g/mol. The Morgan fingerprint density at radius 1 is 1.09 bits per heavy atom. The summed E-state index contributed by atoms with van der Waals surface area (Å²) in [6, 6.07) is 11.5. The number of rotatable bonds is 2. The SMILES string of the molecule is Cc1ccc(-c2[c-]nccc2)[c-]c1-c1cncc[n+]1C.[B].[Y]. The molecule has 0 fully saturated rings. The molecule has 4 radical (unpaired) electrons. The first-order valence-electron chi connectivity index (χ1n) is 6.42. The van der Waals surface area contributed by atoms with Gasteiger partial charge in [-0.3, -0.25) is 4.98 Å². The van der Waals surface area contributed by atoms with Gasteiger partial charge in [0.2, 0.25) is 0 Å². The molecule has 0 aliphatic carbocycles. The average Bonchev–Trinajstić information content (AvgIpc) is 2.49. The van der Waals surface area contributed by atoms with Gasteiger partial charge < -0.3 is 4.98 Å². The number of aromatic nitrogens is 3. The van der Waals surface area contributed by atoms with E-state index in [4.69, 9.17) is 0 Å². The van der Waals surface area contributed by atoms with Crippen LogP contribution in [0.15, 0.2) is 49.1 Å². The van der Waals surface area contributed by atoms with Gasteiger partial charge in [0.1, 0.15) is 7.05 Å². The molecule has 22 heavy (non-hydrogen) atoms. The zero-order chi connectivity index (χ0) is 13.9. The largest absolute Gasteiger partial charge is 0.369 e. The number of pyridine rings is 1. The summed E-state index contributed by atoms with van der Waals surface area (Å²) >= 11 is 0. The van der Waals surface area contributed by atoms with Gasteiger partial charge >= 0.3 is 0 Å². The molecule has 0 unspecified atom stereocenters. The molecule has 3 nitrogen and oxygen atoms in total. The molecule has 3 rings (SSSR count). The van der Waals surface area contributed by atoms with E-state index in [9.17, 15) is 0 Å². The van der Waals surface area contributed by atoms with E-state index in [1.165, 1.54) is 5.56 Å². The molecule has 0 saturated carbocycles. The van der Waals surface area contributed by atoms with Crippen LogP contribution in [0.4, 0.5) is 0 Å². The van der Waals surface area contributed by atoms with E-state index in [-0.39, 0.29) is 41.1 Å². The number of benzene rings is 1. The third-order valence-corrected chi connectivity index (χ3v) is 3.26. The molecule has 104 valence electrons. The maximum absolute atomic E-state index is 4.20. The predicted molar refractivity (Wildman–Crippen MR) is 82.2 cm³/mol. The summed E-state index contributed by atoms with van der Waals surface area (Å²) in [6.45, 7) is 2.08. The first-order chi connectivity index (χ1) is 9.75. The second-order valence-corrected chi connectivity index (χ2v) is 4.67. The first-order valence-corrected chi connectivity index (χ1v) is 6.42. The maximum atomic E-state index is 4.20. The van der Waals surface area contributed by atoms with Crippen molar-refractivity contribution < 1.29 is 37.3 Å². The van der Waals surface area contributed by atoms with E-state index < -0.39 is 0 Å². The van der Waals surface area contributed by atoms with E-state index in [0.717, 1.165) is 22.4 Å². The molecule has 0 aliphatic rings. The summed E-state index contributed by atoms with van der Waals surface area (Å²) in [4.78, 5) is 8.25. The summed E-state index contributed by atoms with van der Waals surface area (Å²) in [5.74, 6) is 0. The van der Waals surface area contributed by atoms with Crippen LogP contribution in [0.3, 0.4) is 0 Å². The molecule has 3 aromatic rings. The van der Waals surface area contributed by atoms with Crippen LogP contribution in [-0.2, 0) is 39.8 Å². The van der Waals surface area contributed by atoms with Crippen LogP contribution < -0.4 is 4.57 Å². The van der Waals surface area contributed by atoms with Crippen molar-refractivity contribution >= 4 is 8.41 Å². The normalized spacial score (nSPS) is 9.55. The molecular weight excluding hydrogens is 346 g/mol. The molecule has 5 heteroatoms. The molecule has 0 amide bonds. The van der Waals surface area contributed by atoms with Crippen molar-refractivity contribution in [2.45, 2.75) is 6.92 Å². The van der Waals surface area contributed by atoms with Crippen LogP contribution in [0, 0.1) is 19.2 Å². The molecule has 0 N–H and O–H groups in total. The number of hydrogen-bond acceptors (Lipinski definition) is 2. The molecule has 0 bridgehead atoms. The van der Waals surface area contributed by atoms with E-state index >= 15 is 0 Å². The van der Waals surface area contributed by atoms with Crippen molar-refractivity contribution in [1.29, 1.82) is 0 Å². The van der Waals surface area contributed by atoms with E-state index in [2.05, 4.69) is 35.2 Å². The molecule has 1 aromatic carbocycles. The molecule has 2 heterocycles. The van der Waals surface area contributed by atoms with Crippen LogP contribution >= 0.6 is 0 Å². The van der Waals surface area contributed by atoms with Crippen molar-refractivity contribution in [1.82, 2.24) is 9.97 Å². The van der Waals surface area contributed by atoms with Crippen LogP contribution in [0.25, 0.3) is 22.4 Å². The number of nitrogens with zero attached hydrogens (tertiary/aromatic N) is 3. The zero-order valence-corrected chi connectivity index (χ0v) is 15.5. The summed E-state index contributed by atoms with van der Waals surface area (Å²) in [5.41, 5.74) is 5.19. The fourth-order valence-corrected chi connectivity index (χ4v) is 2.13. The van der Waals surface area contributed by atoms with Gasteiger partial charge in [-0.2, -0.15) is 29.3 Å². The van der Waals surface area contributed by atoms with Gasteiger partial charge in [-0.25, -0.2) is 4.57 Å². The fraction of sp³-hybridized carbons (Fsp3) is 0.118. The Balaban J connectivity index is 0.00000121. The second-order valence-electron chi connectivity index (χ2n) is 4.67. The topological polar surface area (TPSA) is 29.7 Å². The van der Waals surface area contributed by atoms with E-state index in [1.807, 2.05) is 42.2 Å². The van der Waals surface area contributed by atoms with Crippen molar-refractivity contribution in [3.63, 3.8) is 0 Å². The summed E-state index contributed by atoms with van der Waals surface area (Å²) in [5, 5.41) is 0. The standard InChI is InChI=1S/C17H14N3.B.Y/c1-13-5-6-14(15-4-3-7-18-11-15)10-16(13)17-12-19-8-9-20(17)2;;/h3-9,12H,1-2H3;;/q-1;;. The number of hydrogen-bond donors (Lipinski definition) is 0. The number of aryl methyl sites for hydroxylation is 2. The van der Waals surface area contributed by atoms with Crippen LogP contribution in [0.5, 0.6) is 0 Å². The minimum atomic E-state index is 0.